The molecule has 14 heteroatoms. The molecule has 4 heterocycles. The molecule has 2 aromatic heterocycles. The molecule has 2 aliphatic heterocycles. The van der Waals surface area contributed by atoms with E-state index in [9.17, 15) is 29.4 Å². The fourth-order valence-corrected chi connectivity index (χ4v) is 5.18. The van der Waals surface area contributed by atoms with Crippen molar-refractivity contribution in [2.45, 2.75) is 62.7 Å². The Kier molecular flexibility index (Phi) is 7.78. The van der Waals surface area contributed by atoms with Crippen LogP contribution in [0.4, 0.5) is 0 Å². The molecule has 4 N–H and O–H groups in total. The maximum Gasteiger partial charge on any atom is 0.330 e. The largest absolute Gasteiger partial charge is 0.394 e. The number of aliphatic hydroxyl groups excluding tert-OH is 2. The zero-order valence-electron chi connectivity index (χ0n) is 19.2. The van der Waals surface area contributed by atoms with E-state index in [1.165, 1.54) is 33.3 Å². The van der Waals surface area contributed by atoms with E-state index < -0.39 is 53.3 Å². The lowest BCUT2D eigenvalue weighted by molar-refractivity contribution is -0.0569. The van der Waals surface area contributed by atoms with Crippen LogP contribution in [0.1, 0.15) is 36.4 Å². The zero-order chi connectivity index (χ0) is 25.3. The van der Waals surface area contributed by atoms with Crippen LogP contribution in [0.25, 0.3) is 0 Å². The highest BCUT2D eigenvalue weighted by molar-refractivity contribution is 7.99. The average molecular weight is 513 g/mol. The minimum absolute atomic E-state index is 0.0706. The number of ether oxygens (including phenoxy) is 3. The van der Waals surface area contributed by atoms with E-state index in [-0.39, 0.29) is 30.8 Å². The third kappa shape index (κ3) is 5.52. The van der Waals surface area contributed by atoms with Gasteiger partial charge in [-0.25, -0.2) is 9.59 Å². The van der Waals surface area contributed by atoms with Gasteiger partial charge in [-0.3, -0.25) is 28.7 Å². The second kappa shape index (κ2) is 10.6. The van der Waals surface area contributed by atoms with Crippen LogP contribution in [0, 0.1) is 13.8 Å². The Hall–Kier alpha value is -2.49. The maximum absolute atomic E-state index is 12.2. The molecular weight excluding hydrogens is 484 g/mol. The third-order valence-corrected chi connectivity index (χ3v) is 7.35. The Morgan fingerprint density at radius 1 is 0.971 bits per heavy atom. The van der Waals surface area contributed by atoms with Crippen molar-refractivity contribution in [3.05, 3.63) is 65.2 Å². The Bertz CT molecular complexity index is 1290. The molecule has 0 spiro atoms. The van der Waals surface area contributed by atoms with Crippen molar-refractivity contribution in [3.8, 4) is 0 Å². The average Bonchev–Trinajstić information content (AvgIpc) is 3.39. The molecule has 0 aromatic carbocycles. The summed E-state index contributed by atoms with van der Waals surface area (Å²) in [6.45, 7) is 2.99. The van der Waals surface area contributed by atoms with E-state index in [2.05, 4.69) is 9.97 Å². The van der Waals surface area contributed by atoms with Crippen molar-refractivity contribution in [2.75, 3.05) is 19.2 Å². The summed E-state index contributed by atoms with van der Waals surface area (Å²) in [4.78, 5) is 51.9. The van der Waals surface area contributed by atoms with Gasteiger partial charge in [0.25, 0.3) is 11.1 Å². The van der Waals surface area contributed by atoms with Gasteiger partial charge >= 0.3 is 11.4 Å². The summed E-state index contributed by atoms with van der Waals surface area (Å²) in [5, 5.41) is 19.9. The first-order valence-corrected chi connectivity index (χ1v) is 12.2. The third-order valence-electron chi connectivity index (χ3n) is 6.12. The summed E-state index contributed by atoms with van der Waals surface area (Å²) in [6, 6.07) is 0. The maximum atomic E-state index is 12.2. The lowest BCUT2D eigenvalue weighted by Gasteiger charge is -2.18. The van der Waals surface area contributed by atoms with Crippen molar-refractivity contribution in [3.63, 3.8) is 0 Å². The predicted octanol–water partition coefficient (Wildman–Crippen LogP) is -1.29. The van der Waals surface area contributed by atoms with Crippen LogP contribution in [0.15, 0.2) is 31.6 Å². The van der Waals surface area contributed by atoms with Crippen LogP contribution in [0.3, 0.4) is 0 Å². The molecule has 0 radical (unpaired) electrons. The Morgan fingerprint density at radius 3 is 2.09 bits per heavy atom. The van der Waals surface area contributed by atoms with Gasteiger partial charge in [0.2, 0.25) is 0 Å². The summed E-state index contributed by atoms with van der Waals surface area (Å²) in [7, 11) is 0. The molecule has 35 heavy (non-hydrogen) atoms. The number of thioether (sulfide) groups is 1. The van der Waals surface area contributed by atoms with E-state index >= 15 is 0 Å². The van der Waals surface area contributed by atoms with Crippen LogP contribution in [-0.4, -0.2) is 72.0 Å². The summed E-state index contributed by atoms with van der Waals surface area (Å²) in [6.07, 6.45) is 0.0260. The molecule has 2 fully saturated rings. The molecular formula is C21H28N4O9S. The summed E-state index contributed by atoms with van der Waals surface area (Å²) in [5.41, 5.74) is -1.39. The van der Waals surface area contributed by atoms with Gasteiger partial charge in [-0.05, 0) is 13.8 Å². The minimum Gasteiger partial charge on any atom is -0.394 e. The number of aromatic amines is 2. The van der Waals surface area contributed by atoms with Gasteiger partial charge in [0.1, 0.15) is 18.6 Å². The van der Waals surface area contributed by atoms with Gasteiger partial charge in [0.05, 0.1) is 31.4 Å². The lowest BCUT2D eigenvalue weighted by Crippen LogP contribution is -2.33. The normalized spacial score (nSPS) is 28.6. The molecule has 13 nitrogen and oxygen atoms in total. The molecule has 2 aliphatic rings. The molecule has 0 amide bonds. The van der Waals surface area contributed by atoms with Gasteiger partial charge < -0.3 is 24.4 Å². The summed E-state index contributed by atoms with van der Waals surface area (Å²) >= 11 is 1.39. The molecule has 0 unspecified atom stereocenters. The van der Waals surface area contributed by atoms with Crippen molar-refractivity contribution in [1.82, 2.24) is 19.1 Å². The number of nitrogens with one attached hydrogen (secondary N) is 2. The lowest BCUT2D eigenvalue weighted by atomic mass is 10.2. The second-order valence-electron chi connectivity index (χ2n) is 8.63. The Labute approximate surface area is 202 Å². The number of hydrogen-bond donors (Lipinski definition) is 4. The highest BCUT2D eigenvalue weighted by Gasteiger charge is 2.38. The van der Waals surface area contributed by atoms with Crippen molar-refractivity contribution in [1.29, 1.82) is 0 Å². The molecule has 0 saturated carbocycles. The monoisotopic (exact) mass is 512 g/mol. The minimum atomic E-state index is -0.858. The zero-order valence-corrected chi connectivity index (χ0v) is 20.0. The number of aromatic nitrogens is 4. The smallest absolute Gasteiger partial charge is 0.330 e. The first kappa shape index (κ1) is 25.6. The van der Waals surface area contributed by atoms with E-state index in [4.69, 9.17) is 14.2 Å². The van der Waals surface area contributed by atoms with Gasteiger partial charge in [-0.1, -0.05) is 0 Å². The highest BCUT2D eigenvalue weighted by Crippen LogP contribution is 2.36. The van der Waals surface area contributed by atoms with E-state index in [0.29, 0.717) is 17.5 Å². The first-order valence-electron chi connectivity index (χ1n) is 11.1. The van der Waals surface area contributed by atoms with Crippen LogP contribution in [0.5, 0.6) is 0 Å². The summed E-state index contributed by atoms with van der Waals surface area (Å²) < 4.78 is 19.8. The van der Waals surface area contributed by atoms with E-state index in [1.54, 1.807) is 13.8 Å². The summed E-state index contributed by atoms with van der Waals surface area (Å²) in [5.74, 6) is 0.214. The van der Waals surface area contributed by atoms with Crippen LogP contribution < -0.4 is 22.5 Å². The number of hydrogen-bond acceptors (Lipinski definition) is 10. The SMILES string of the molecule is Cc1cn([C@H]2C[C@H](SCOC[C@H]3O[C@@H](n4cc(C)c(=O)[nH]c4=O)C[C@@H]3O)[C@@H](CO)O2)c(=O)[nH]c1=O. The molecule has 0 aliphatic carbocycles. The molecule has 192 valence electrons. The predicted molar refractivity (Wildman–Crippen MR) is 124 cm³/mol. The number of aryl methyl sites for hydroxylation is 2. The van der Waals surface area contributed by atoms with Crippen molar-refractivity contribution >= 4 is 11.8 Å². The number of H-pyrrole nitrogens is 2. The van der Waals surface area contributed by atoms with Crippen LogP contribution in [-0.2, 0) is 14.2 Å². The number of aliphatic hydroxyl groups is 2. The first-order chi connectivity index (χ1) is 16.7. The molecule has 6 atom stereocenters. The number of rotatable bonds is 8. The molecule has 0 bridgehead atoms. The van der Waals surface area contributed by atoms with Gasteiger partial charge in [-0.15, -0.1) is 11.8 Å². The van der Waals surface area contributed by atoms with Crippen molar-refractivity contribution < 1.29 is 24.4 Å². The standard InChI is InChI=1S/C21H28N4O9S/c1-10-5-24(20(30)22-18(10)28)16-3-12(27)14(34-16)8-32-9-35-15-4-17(33-13(15)7-26)25-6-11(2)19(29)23-21(25)31/h5-6,12-17,26-27H,3-4,7-9H2,1-2H3,(H,22,28,30)(H,23,29,31)/t12-,13+,14+,15-,16+,17+/m0/s1. The van der Waals surface area contributed by atoms with E-state index in [0.717, 1.165) is 0 Å². The quantitative estimate of drug-likeness (QED) is 0.246. The Morgan fingerprint density at radius 2 is 1.51 bits per heavy atom. The van der Waals surface area contributed by atoms with E-state index in [1.807, 2.05) is 0 Å². The van der Waals surface area contributed by atoms with Crippen LogP contribution >= 0.6 is 11.8 Å². The molecule has 2 aromatic rings. The van der Waals surface area contributed by atoms with Gasteiger partial charge in [-0.2, -0.15) is 0 Å². The molecule has 4 rings (SSSR count). The topological polar surface area (TPSA) is 178 Å². The van der Waals surface area contributed by atoms with Gasteiger partial charge in [0.15, 0.2) is 0 Å². The second-order valence-corrected chi connectivity index (χ2v) is 9.81. The van der Waals surface area contributed by atoms with Gasteiger partial charge in [0, 0.05) is 41.6 Å². The number of nitrogens with zero attached hydrogens (tertiary/aromatic N) is 2. The fourth-order valence-electron chi connectivity index (χ4n) is 4.15. The van der Waals surface area contributed by atoms with Crippen LogP contribution in [0.2, 0.25) is 0 Å². The van der Waals surface area contributed by atoms with Crippen molar-refractivity contribution in [2.24, 2.45) is 0 Å². The highest BCUT2D eigenvalue weighted by atomic mass is 32.2. The Balaban J connectivity index is 1.30. The molecule has 2 saturated heterocycles. The fraction of sp³-hybridized carbons (Fsp3) is 0.619.